The summed E-state index contributed by atoms with van der Waals surface area (Å²) in [5.74, 6) is 1.62. The minimum Gasteiger partial charge on any atom is -0.382 e. The molecule has 192 valence electrons. The van der Waals surface area contributed by atoms with Crippen LogP contribution in [0.3, 0.4) is 0 Å². The van der Waals surface area contributed by atoms with Gasteiger partial charge in [0.2, 0.25) is 0 Å². The molecule has 1 N–H and O–H groups in total. The lowest BCUT2D eigenvalue weighted by molar-refractivity contribution is 0.398. The number of aliphatic imine (C=N–C) groups is 1. The minimum absolute atomic E-state index is 0.631. The maximum absolute atomic E-state index is 5.09. The molecule has 1 aliphatic heterocycles. The number of nitrogens with one attached hydrogen (secondary N) is 1. The molecule has 0 radical (unpaired) electrons. The first-order valence-corrected chi connectivity index (χ1v) is 14.9. The first kappa shape index (κ1) is 25.3. The SMILES string of the molecule is C=C(CCC1=NCCC2=C1C(/NC1CCCCC1)=C\CC/C=C\2)CCC1CCC(c2ccccc2)C1. The van der Waals surface area contributed by atoms with Crippen LogP contribution in [0.5, 0.6) is 0 Å². The van der Waals surface area contributed by atoms with Crippen LogP contribution in [0.2, 0.25) is 0 Å². The third kappa shape index (κ3) is 6.69. The van der Waals surface area contributed by atoms with E-state index in [9.17, 15) is 0 Å². The van der Waals surface area contributed by atoms with Crippen LogP contribution in [0.1, 0.15) is 108 Å². The summed E-state index contributed by atoms with van der Waals surface area (Å²) in [6.45, 7) is 5.45. The van der Waals surface area contributed by atoms with Gasteiger partial charge in [-0.15, -0.1) is 0 Å². The smallest absolute Gasteiger partial charge is 0.0447 e. The predicted molar refractivity (Wildman–Crippen MR) is 155 cm³/mol. The van der Waals surface area contributed by atoms with Gasteiger partial charge in [0.1, 0.15) is 0 Å². The summed E-state index contributed by atoms with van der Waals surface area (Å²) in [7, 11) is 0. The summed E-state index contributed by atoms with van der Waals surface area (Å²) in [5.41, 5.74) is 8.58. The number of hydrogen-bond acceptors (Lipinski definition) is 2. The molecule has 2 nitrogen and oxygen atoms in total. The number of dihydropyridines is 1. The van der Waals surface area contributed by atoms with Gasteiger partial charge in [0.05, 0.1) is 0 Å². The van der Waals surface area contributed by atoms with Crippen molar-refractivity contribution >= 4 is 5.71 Å². The molecule has 2 heteroatoms. The van der Waals surface area contributed by atoms with Gasteiger partial charge < -0.3 is 5.32 Å². The Balaban J connectivity index is 1.16. The van der Waals surface area contributed by atoms with Gasteiger partial charge >= 0.3 is 0 Å². The molecule has 0 aromatic heterocycles. The minimum atomic E-state index is 0.631. The van der Waals surface area contributed by atoms with E-state index < -0.39 is 0 Å². The van der Waals surface area contributed by atoms with E-state index in [0.29, 0.717) is 6.04 Å². The second kappa shape index (κ2) is 12.7. The predicted octanol–water partition coefficient (Wildman–Crippen LogP) is 8.98. The number of benzene rings is 1. The van der Waals surface area contributed by atoms with Crippen LogP contribution in [-0.2, 0) is 0 Å². The van der Waals surface area contributed by atoms with E-state index in [0.717, 1.165) is 50.5 Å². The zero-order chi connectivity index (χ0) is 24.6. The highest BCUT2D eigenvalue weighted by Crippen LogP contribution is 2.41. The van der Waals surface area contributed by atoms with Crippen molar-refractivity contribution in [2.24, 2.45) is 10.9 Å². The third-order valence-electron chi connectivity index (χ3n) is 8.96. The van der Waals surface area contributed by atoms with E-state index in [2.05, 4.69) is 60.5 Å². The van der Waals surface area contributed by atoms with Crippen LogP contribution < -0.4 is 5.32 Å². The molecule has 1 aromatic rings. The lowest BCUT2D eigenvalue weighted by Gasteiger charge is -2.30. The Hall–Kier alpha value is -2.35. The molecular formula is C34H46N2. The second-order valence-electron chi connectivity index (χ2n) is 11.6. The van der Waals surface area contributed by atoms with Crippen LogP contribution in [0, 0.1) is 5.92 Å². The molecule has 0 amide bonds. The monoisotopic (exact) mass is 482 g/mol. The fraction of sp³-hybridized carbons (Fsp3) is 0.559. The normalized spacial score (nSPS) is 27.3. The lowest BCUT2D eigenvalue weighted by Crippen LogP contribution is -2.33. The van der Waals surface area contributed by atoms with Crippen molar-refractivity contribution in [2.45, 2.75) is 108 Å². The van der Waals surface area contributed by atoms with Gasteiger partial charge in [0.15, 0.2) is 0 Å². The van der Waals surface area contributed by atoms with Gasteiger partial charge in [0.25, 0.3) is 0 Å². The summed E-state index contributed by atoms with van der Waals surface area (Å²) in [4.78, 5) is 5.09. The molecule has 4 aliphatic rings. The molecule has 36 heavy (non-hydrogen) atoms. The molecule has 0 spiro atoms. The van der Waals surface area contributed by atoms with E-state index in [1.54, 1.807) is 0 Å². The Kier molecular flexibility index (Phi) is 8.96. The maximum atomic E-state index is 5.09. The van der Waals surface area contributed by atoms with E-state index in [1.165, 1.54) is 97.9 Å². The average Bonchev–Trinajstić information content (AvgIpc) is 3.39. The van der Waals surface area contributed by atoms with Crippen molar-refractivity contribution in [3.63, 3.8) is 0 Å². The standard InChI is InChI=1S/C34H46N2/c1-26(17-19-27-20-21-30(25-27)28-11-5-2-6-12-28)18-22-32-34-29(23-24-35-32)13-7-3-10-16-33(34)36-31-14-8-4-9-15-31/h2,5-7,11-13,16,27,30-31,36H,1,3-4,8-10,14-15,17-25H2/b13-7-,33-16+. The highest BCUT2D eigenvalue weighted by molar-refractivity contribution is 6.05. The molecule has 2 unspecified atom stereocenters. The van der Waals surface area contributed by atoms with Crippen molar-refractivity contribution in [3.05, 3.63) is 83.1 Å². The molecular weight excluding hydrogens is 436 g/mol. The molecule has 2 atom stereocenters. The van der Waals surface area contributed by atoms with Gasteiger partial charge in [0, 0.05) is 29.6 Å². The first-order chi connectivity index (χ1) is 17.8. The third-order valence-corrected chi connectivity index (χ3v) is 8.96. The quantitative estimate of drug-likeness (QED) is 0.349. The number of hydrogen-bond donors (Lipinski definition) is 1. The van der Waals surface area contributed by atoms with Crippen LogP contribution in [0.15, 0.2) is 82.5 Å². The van der Waals surface area contributed by atoms with E-state index in [4.69, 9.17) is 4.99 Å². The van der Waals surface area contributed by atoms with Crippen LogP contribution in [0.4, 0.5) is 0 Å². The summed E-state index contributed by atoms with van der Waals surface area (Å²) >= 11 is 0. The van der Waals surface area contributed by atoms with Crippen molar-refractivity contribution in [2.75, 3.05) is 6.54 Å². The Morgan fingerprint density at radius 3 is 2.69 bits per heavy atom. The Morgan fingerprint density at radius 1 is 0.972 bits per heavy atom. The first-order valence-electron chi connectivity index (χ1n) is 14.9. The van der Waals surface area contributed by atoms with Gasteiger partial charge in [-0.05, 0) is 100 Å². The van der Waals surface area contributed by atoms with Crippen molar-refractivity contribution in [1.82, 2.24) is 5.32 Å². The Bertz CT molecular complexity index is 1000. The number of allylic oxidation sites excluding steroid dienone is 5. The van der Waals surface area contributed by atoms with Gasteiger partial charge in [-0.2, -0.15) is 0 Å². The highest BCUT2D eigenvalue weighted by atomic mass is 14.9. The summed E-state index contributed by atoms with van der Waals surface area (Å²) in [6, 6.07) is 11.8. The van der Waals surface area contributed by atoms with E-state index in [-0.39, 0.29) is 0 Å². The molecule has 2 fully saturated rings. The average molecular weight is 483 g/mol. The highest BCUT2D eigenvalue weighted by Gasteiger charge is 2.26. The van der Waals surface area contributed by atoms with Crippen molar-refractivity contribution in [3.8, 4) is 0 Å². The molecule has 3 aliphatic carbocycles. The zero-order valence-electron chi connectivity index (χ0n) is 22.3. The van der Waals surface area contributed by atoms with Gasteiger partial charge in [-0.1, -0.05) is 80.0 Å². The second-order valence-corrected chi connectivity index (χ2v) is 11.6. The molecule has 0 bridgehead atoms. The topological polar surface area (TPSA) is 24.4 Å². The Labute approximate surface area is 219 Å². The van der Waals surface area contributed by atoms with Gasteiger partial charge in [-0.3, -0.25) is 4.99 Å². The largest absolute Gasteiger partial charge is 0.382 e. The summed E-state index contributed by atoms with van der Waals surface area (Å²) < 4.78 is 0. The van der Waals surface area contributed by atoms with Crippen molar-refractivity contribution in [1.29, 1.82) is 0 Å². The zero-order valence-corrected chi connectivity index (χ0v) is 22.3. The maximum Gasteiger partial charge on any atom is 0.0447 e. The van der Waals surface area contributed by atoms with Crippen LogP contribution >= 0.6 is 0 Å². The fourth-order valence-corrected chi connectivity index (χ4v) is 6.84. The number of nitrogens with zero attached hydrogens (tertiary/aromatic N) is 1. The van der Waals surface area contributed by atoms with E-state index in [1.807, 2.05) is 0 Å². The van der Waals surface area contributed by atoms with Gasteiger partial charge in [-0.25, -0.2) is 0 Å². The Morgan fingerprint density at radius 2 is 1.83 bits per heavy atom. The van der Waals surface area contributed by atoms with Crippen molar-refractivity contribution < 1.29 is 0 Å². The van der Waals surface area contributed by atoms with Crippen LogP contribution in [-0.4, -0.2) is 18.3 Å². The lowest BCUT2D eigenvalue weighted by atomic mass is 9.87. The molecule has 0 saturated heterocycles. The molecule has 1 aromatic carbocycles. The summed E-state index contributed by atoms with van der Waals surface area (Å²) in [5, 5.41) is 3.99. The number of rotatable bonds is 9. The molecule has 2 saturated carbocycles. The summed E-state index contributed by atoms with van der Waals surface area (Å²) in [6.07, 6.45) is 26.0. The van der Waals surface area contributed by atoms with Crippen LogP contribution in [0.25, 0.3) is 0 Å². The fourth-order valence-electron chi connectivity index (χ4n) is 6.84. The molecule has 5 rings (SSSR count). The molecule has 1 heterocycles. The van der Waals surface area contributed by atoms with E-state index >= 15 is 0 Å².